The van der Waals surface area contributed by atoms with Crippen molar-refractivity contribution in [2.75, 3.05) is 20.8 Å². The number of benzene rings is 3. The van der Waals surface area contributed by atoms with Crippen molar-refractivity contribution in [3.63, 3.8) is 0 Å². The molecule has 0 amide bonds. The lowest BCUT2D eigenvalue weighted by Crippen LogP contribution is -2.35. The second kappa shape index (κ2) is 11.0. The van der Waals surface area contributed by atoms with Gasteiger partial charge in [0.15, 0.2) is 0 Å². The minimum atomic E-state index is -4.19. The second-order valence-electron chi connectivity index (χ2n) is 8.64. The smallest absolute Gasteiger partial charge is 0.339 e. The number of aromatic nitrogens is 1. The Bertz CT molecular complexity index is 1610. The summed E-state index contributed by atoms with van der Waals surface area (Å²) in [6.07, 6.45) is 0.417. The molecular weight excluding hydrogens is 492 g/mol. The van der Waals surface area contributed by atoms with E-state index in [1.807, 2.05) is 31.2 Å². The highest BCUT2D eigenvalue weighted by molar-refractivity contribution is 7.89. The lowest BCUT2D eigenvalue weighted by atomic mass is 10.1. The molecule has 8 nitrogen and oxygen atoms in total. The van der Waals surface area contributed by atoms with E-state index in [2.05, 4.69) is 4.98 Å². The molecule has 1 aromatic heterocycles. The Morgan fingerprint density at radius 3 is 2.49 bits per heavy atom. The number of aromatic amines is 1. The van der Waals surface area contributed by atoms with Crippen molar-refractivity contribution in [2.45, 2.75) is 24.8 Å². The van der Waals surface area contributed by atoms with Gasteiger partial charge in [-0.15, -0.1) is 0 Å². The summed E-state index contributed by atoms with van der Waals surface area (Å²) < 4.78 is 39.2. The number of nitrogens with one attached hydrogen (secondary N) is 1. The van der Waals surface area contributed by atoms with Gasteiger partial charge in [-0.3, -0.25) is 4.79 Å². The first kappa shape index (κ1) is 26.1. The molecule has 9 heteroatoms. The number of rotatable bonds is 9. The number of pyridine rings is 1. The number of ether oxygens (including phenoxy) is 2. The van der Waals surface area contributed by atoms with E-state index >= 15 is 0 Å². The topological polar surface area (TPSA) is 106 Å². The summed E-state index contributed by atoms with van der Waals surface area (Å²) >= 11 is 0. The maximum absolute atomic E-state index is 13.9. The van der Waals surface area contributed by atoms with E-state index in [4.69, 9.17) is 9.47 Å². The highest BCUT2D eigenvalue weighted by atomic mass is 32.2. The predicted octanol–water partition coefficient (Wildman–Crippen LogP) is 4.07. The summed E-state index contributed by atoms with van der Waals surface area (Å²) in [7, 11) is -1.45. The molecule has 0 radical (unpaired) electrons. The van der Waals surface area contributed by atoms with Crippen LogP contribution in [0.5, 0.6) is 5.75 Å². The third-order valence-electron chi connectivity index (χ3n) is 6.12. The van der Waals surface area contributed by atoms with E-state index in [0.29, 0.717) is 23.1 Å². The molecule has 1 N–H and O–H groups in total. The predicted molar refractivity (Wildman–Crippen MR) is 141 cm³/mol. The molecule has 0 saturated heterocycles. The van der Waals surface area contributed by atoms with Crippen LogP contribution in [0.25, 0.3) is 10.9 Å². The average Bonchev–Trinajstić information content (AvgIpc) is 2.90. The zero-order valence-electron chi connectivity index (χ0n) is 20.9. The standard InChI is InChI=1S/C28H28N2O6S/c1-19-7-6-8-20(15-19)13-14-30(37(33,34)26-10-5-4-9-24(26)28(32)36-3)18-22-16-21-17-23(35-2)11-12-25(21)29-27(22)31/h4-12,15-17H,13-14,18H2,1-3H3,(H,29,31). The van der Waals surface area contributed by atoms with Crippen molar-refractivity contribution in [1.82, 2.24) is 9.29 Å². The molecule has 1 heterocycles. The molecule has 0 fully saturated rings. The van der Waals surface area contributed by atoms with Gasteiger partial charge in [-0.2, -0.15) is 4.31 Å². The Hall–Kier alpha value is -3.95. The van der Waals surface area contributed by atoms with E-state index in [9.17, 15) is 18.0 Å². The molecular formula is C28H28N2O6S. The number of nitrogens with zero attached hydrogens (tertiary/aromatic N) is 1. The molecule has 0 spiro atoms. The normalized spacial score (nSPS) is 11.6. The highest BCUT2D eigenvalue weighted by Gasteiger charge is 2.30. The van der Waals surface area contributed by atoms with Crippen LogP contribution >= 0.6 is 0 Å². The number of methoxy groups -OCH3 is 2. The maximum atomic E-state index is 13.9. The second-order valence-corrected chi connectivity index (χ2v) is 10.5. The van der Waals surface area contributed by atoms with Crippen LogP contribution in [-0.2, 0) is 27.7 Å². The minimum absolute atomic E-state index is 0.0669. The Kier molecular flexibility index (Phi) is 7.75. The zero-order valence-corrected chi connectivity index (χ0v) is 21.7. The van der Waals surface area contributed by atoms with Crippen molar-refractivity contribution in [2.24, 2.45) is 0 Å². The van der Waals surface area contributed by atoms with Crippen molar-refractivity contribution >= 4 is 26.9 Å². The van der Waals surface area contributed by atoms with Gasteiger partial charge in [-0.05, 0) is 55.3 Å². The number of carbonyl (C=O) groups excluding carboxylic acids is 1. The summed E-state index contributed by atoms with van der Waals surface area (Å²) in [5, 5.41) is 0.708. The van der Waals surface area contributed by atoms with Crippen molar-refractivity contribution in [3.8, 4) is 5.75 Å². The third-order valence-corrected chi connectivity index (χ3v) is 8.02. The molecule has 192 valence electrons. The van der Waals surface area contributed by atoms with Gasteiger partial charge >= 0.3 is 5.97 Å². The lowest BCUT2D eigenvalue weighted by Gasteiger charge is -2.23. The molecule has 0 aliphatic carbocycles. The fourth-order valence-electron chi connectivity index (χ4n) is 4.18. The number of hydrogen-bond donors (Lipinski definition) is 1. The summed E-state index contributed by atoms with van der Waals surface area (Å²) in [4.78, 5) is 28.0. The average molecular weight is 521 g/mol. The van der Waals surface area contributed by atoms with E-state index in [1.165, 1.54) is 23.5 Å². The molecule has 0 unspecified atom stereocenters. The first-order valence-electron chi connectivity index (χ1n) is 11.7. The van der Waals surface area contributed by atoms with E-state index in [1.54, 1.807) is 43.5 Å². The number of fused-ring (bicyclic) bond motifs is 1. The fourth-order valence-corrected chi connectivity index (χ4v) is 5.78. The third kappa shape index (κ3) is 5.73. The van der Waals surface area contributed by atoms with Crippen molar-refractivity contribution in [1.29, 1.82) is 0 Å². The number of esters is 1. The SMILES string of the molecule is COC(=O)c1ccccc1S(=O)(=O)N(CCc1cccc(C)c1)Cc1cc2cc(OC)ccc2[nH]c1=O. The van der Waals surface area contributed by atoms with Crippen LogP contribution in [0.2, 0.25) is 0 Å². The van der Waals surface area contributed by atoms with Crippen LogP contribution in [0.4, 0.5) is 0 Å². The van der Waals surface area contributed by atoms with Crippen LogP contribution in [0.15, 0.2) is 82.5 Å². The monoisotopic (exact) mass is 520 g/mol. The Labute approximate surface area is 215 Å². The Balaban J connectivity index is 1.78. The Morgan fingerprint density at radius 1 is 0.973 bits per heavy atom. The quantitative estimate of drug-likeness (QED) is 0.334. The van der Waals surface area contributed by atoms with E-state index in [-0.39, 0.29) is 29.1 Å². The molecule has 0 atom stereocenters. The molecule has 0 aliphatic heterocycles. The van der Waals surface area contributed by atoms with Gasteiger partial charge < -0.3 is 14.5 Å². The molecule has 3 aromatic carbocycles. The highest BCUT2D eigenvalue weighted by Crippen LogP contribution is 2.24. The van der Waals surface area contributed by atoms with Gasteiger partial charge in [-0.1, -0.05) is 42.0 Å². The number of H-pyrrole nitrogens is 1. The molecule has 4 aromatic rings. The van der Waals surface area contributed by atoms with Gasteiger partial charge in [0, 0.05) is 29.6 Å². The van der Waals surface area contributed by atoms with E-state index in [0.717, 1.165) is 11.1 Å². The van der Waals surface area contributed by atoms with Gasteiger partial charge in [0.05, 0.1) is 24.7 Å². The zero-order chi connectivity index (χ0) is 26.6. The number of sulfonamides is 1. The molecule has 0 saturated carbocycles. The number of aryl methyl sites for hydroxylation is 1. The van der Waals surface area contributed by atoms with Gasteiger partial charge in [0.25, 0.3) is 5.56 Å². The van der Waals surface area contributed by atoms with Crippen LogP contribution in [0.1, 0.15) is 27.0 Å². The molecule has 0 aliphatic rings. The van der Waals surface area contributed by atoms with Gasteiger partial charge in [0.1, 0.15) is 5.75 Å². The molecule has 37 heavy (non-hydrogen) atoms. The van der Waals surface area contributed by atoms with Crippen molar-refractivity contribution in [3.05, 3.63) is 105 Å². The summed E-state index contributed by atoms with van der Waals surface area (Å²) in [5.74, 6) is -0.144. The van der Waals surface area contributed by atoms with Crippen LogP contribution in [0.3, 0.4) is 0 Å². The Morgan fingerprint density at radius 2 is 1.76 bits per heavy atom. The maximum Gasteiger partial charge on any atom is 0.339 e. The van der Waals surface area contributed by atoms with E-state index < -0.39 is 21.6 Å². The number of hydrogen-bond acceptors (Lipinski definition) is 6. The van der Waals surface area contributed by atoms with Crippen LogP contribution < -0.4 is 10.3 Å². The van der Waals surface area contributed by atoms with Gasteiger partial charge in [-0.25, -0.2) is 13.2 Å². The molecule has 4 rings (SSSR count). The number of carbonyl (C=O) groups is 1. The fraction of sp³-hybridized carbons (Fsp3) is 0.214. The summed E-state index contributed by atoms with van der Waals surface area (Å²) in [5.41, 5.74) is 2.43. The molecule has 0 bridgehead atoms. The first-order valence-corrected chi connectivity index (χ1v) is 13.1. The minimum Gasteiger partial charge on any atom is -0.497 e. The van der Waals surface area contributed by atoms with Gasteiger partial charge in [0.2, 0.25) is 10.0 Å². The largest absolute Gasteiger partial charge is 0.497 e. The first-order chi connectivity index (χ1) is 17.7. The van der Waals surface area contributed by atoms with Crippen LogP contribution in [0, 0.1) is 6.92 Å². The van der Waals surface area contributed by atoms with Crippen LogP contribution in [-0.4, -0.2) is 44.4 Å². The van der Waals surface area contributed by atoms with Crippen molar-refractivity contribution < 1.29 is 22.7 Å². The summed E-state index contributed by atoms with van der Waals surface area (Å²) in [6.45, 7) is 1.87. The lowest BCUT2D eigenvalue weighted by molar-refractivity contribution is 0.0596. The summed E-state index contributed by atoms with van der Waals surface area (Å²) in [6, 6.07) is 20.6.